The van der Waals surface area contributed by atoms with Gasteiger partial charge in [0.25, 0.3) is 5.91 Å². The number of halogens is 3. The molecule has 1 aliphatic heterocycles. The van der Waals surface area contributed by atoms with E-state index in [0.29, 0.717) is 5.69 Å². The molecule has 1 aliphatic rings. The summed E-state index contributed by atoms with van der Waals surface area (Å²) in [6.45, 7) is 2.50. The molecule has 8 heteroatoms. The number of carbonyl (C=O) groups is 1. The van der Waals surface area contributed by atoms with Crippen molar-refractivity contribution in [3.05, 3.63) is 82.7 Å². The van der Waals surface area contributed by atoms with E-state index in [1.807, 2.05) is 37.6 Å². The van der Waals surface area contributed by atoms with E-state index in [4.69, 9.17) is 0 Å². The average Bonchev–Trinajstić information content (AvgIpc) is 3.11. The highest BCUT2D eigenvalue weighted by atomic mass is 19.4. The number of benzene rings is 2. The maximum absolute atomic E-state index is 12.7. The Bertz CT molecular complexity index is 1060. The van der Waals surface area contributed by atoms with Crippen molar-refractivity contribution in [2.45, 2.75) is 25.7 Å². The second kappa shape index (κ2) is 7.95. The number of hydrogen-bond acceptors (Lipinski definition) is 3. The van der Waals surface area contributed by atoms with Crippen LogP contribution in [0.5, 0.6) is 0 Å². The number of nitrogens with zero attached hydrogens (tertiary/aromatic N) is 3. The largest absolute Gasteiger partial charge is 0.416 e. The molecule has 1 aromatic heterocycles. The second-order valence-corrected chi connectivity index (χ2v) is 7.50. The minimum Gasteiger partial charge on any atom is -0.322 e. The number of alkyl halides is 3. The van der Waals surface area contributed by atoms with E-state index in [9.17, 15) is 18.0 Å². The van der Waals surface area contributed by atoms with Crippen LogP contribution < -0.4 is 5.32 Å². The molecule has 0 atom stereocenters. The molecular formula is C22H21F3N4O. The standard InChI is InChI=1S/C22H21F3N4O/c1-28-12-15(11-26-28)13-29-9-8-16-4-7-20(10-18(16)14-29)27-21(30)17-2-5-19(6-3-17)22(23,24)25/h2-7,10-12H,8-9,13-14H2,1H3,(H,27,30). The maximum Gasteiger partial charge on any atom is 0.416 e. The molecule has 2 aromatic carbocycles. The van der Waals surface area contributed by atoms with Gasteiger partial charge in [0.15, 0.2) is 0 Å². The third-order valence-electron chi connectivity index (χ3n) is 5.19. The van der Waals surface area contributed by atoms with Crippen molar-refractivity contribution in [3.8, 4) is 0 Å². The van der Waals surface area contributed by atoms with Crippen LogP contribution in [0.1, 0.15) is 32.6 Å². The van der Waals surface area contributed by atoms with E-state index in [-0.39, 0.29) is 5.56 Å². The molecule has 0 aliphatic carbocycles. The van der Waals surface area contributed by atoms with Gasteiger partial charge in [-0.3, -0.25) is 14.4 Å². The smallest absolute Gasteiger partial charge is 0.322 e. The number of aromatic nitrogens is 2. The molecule has 0 bridgehead atoms. The van der Waals surface area contributed by atoms with Crippen LogP contribution in [0.15, 0.2) is 54.9 Å². The van der Waals surface area contributed by atoms with Crippen LogP contribution in [0.4, 0.5) is 18.9 Å². The van der Waals surface area contributed by atoms with E-state index in [0.717, 1.165) is 49.3 Å². The third-order valence-corrected chi connectivity index (χ3v) is 5.19. The monoisotopic (exact) mass is 414 g/mol. The molecule has 0 fully saturated rings. The van der Waals surface area contributed by atoms with Gasteiger partial charge in [0, 0.05) is 49.7 Å². The molecule has 4 rings (SSSR count). The number of carbonyl (C=O) groups excluding carboxylic acids is 1. The van der Waals surface area contributed by atoms with E-state index in [1.54, 1.807) is 4.68 Å². The van der Waals surface area contributed by atoms with Gasteiger partial charge in [-0.25, -0.2) is 0 Å². The molecule has 0 saturated carbocycles. The topological polar surface area (TPSA) is 50.2 Å². The number of hydrogen-bond donors (Lipinski definition) is 1. The number of anilines is 1. The molecule has 3 aromatic rings. The fourth-order valence-electron chi connectivity index (χ4n) is 3.65. The van der Waals surface area contributed by atoms with Crippen molar-refractivity contribution in [2.24, 2.45) is 7.05 Å². The Morgan fingerprint density at radius 1 is 1.13 bits per heavy atom. The first-order valence-electron chi connectivity index (χ1n) is 9.58. The van der Waals surface area contributed by atoms with Crippen LogP contribution in [-0.2, 0) is 32.7 Å². The highest BCUT2D eigenvalue weighted by Gasteiger charge is 2.30. The van der Waals surface area contributed by atoms with Crippen molar-refractivity contribution in [1.82, 2.24) is 14.7 Å². The van der Waals surface area contributed by atoms with Crippen molar-refractivity contribution in [2.75, 3.05) is 11.9 Å². The van der Waals surface area contributed by atoms with Crippen LogP contribution in [0.3, 0.4) is 0 Å². The van der Waals surface area contributed by atoms with Gasteiger partial charge in [0.05, 0.1) is 11.8 Å². The zero-order valence-electron chi connectivity index (χ0n) is 16.4. The molecular weight excluding hydrogens is 393 g/mol. The summed E-state index contributed by atoms with van der Waals surface area (Å²) in [5.41, 5.74) is 3.55. The van der Waals surface area contributed by atoms with Gasteiger partial charge >= 0.3 is 6.18 Å². The summed E-state index contributed by atoms with van der Waals surface area (Å²) in [4.78, 5) is 14.8. The van der Waals surface area contributed by atoms with Crippen LogP contribution in [-0.4, -0.2) is 27.1 Å². The molecule has 1 N–H and O–H groups in total. The average molecular weight is 414 g/mol. The first-order chi connectivity index (χ1) is 14.3. The molecule has 30 heavy (non-hydrogen) atoms. The number of rotatable bonds is 4. The lowest BCUT2D eigenvalue weighted by atomic mass is 9.98. The molecule has 0 saturated heterocycles. The number of fused-ring (bicyclic) bond motifs is 1. The number of amides is 1. The lowest BCUT2D eigenvalue weighted by molar-refractivity contribution is -0.137. The lowest BCUT2D eigenvalue weighted by Gasteiger charge is -2.28. The zero-order valence-corrected chi connectivity index (χ0v) is 16.4. The van der Waals surface area contributed by atoms with Gasteiger partial charge in [0.2, 0.25) is 0 Å². The zero-order chi connectivity index (χ0) is 21.3. The Kier molecular flexibility index (Phi) is 5.34. The Hall–Kier alpha value is -3.13. The van der Waals surface area contributed by atoms with Gasteiger partial charge < -0.3 is 5.32 Å². The summed E-state index contributed by atoms with van der Waals surface area (Å²) in [5, 5.41) is 6.98. The SMILES string of the molecule is Cn1cc(CN2CCc3ccc(NC(=O)c4ccc(C(F)(F)F)cc4)cc3C2)cn1. The van der Waals surface area contributed by atoms with E-state index in [1.165, 1.54) is 17.7 Å². The molecule has 0 unspecified atom stereocenters. The molecule has 1 amide bonds. The number of nitrogens with one attached hydrogen (secondary N) is 1. The molecule has 2 heterocycles. The minimum atomic E-state index is -4.42. The predicted molar refractivity (Wildman–Crippen MR) is 107 cm³/mol. The number of aryl methyl sites for hydroxylation is 1. The quantitative estimate of drug-likeness (QED) is 0.695. The first kappa shape index (κ1) is 20.2. The summed E-state index contributed by atoms with van der Waals surface area (Å²) in [6, 6.07) is 9.97. The van der Waals surface area contributed by atoms with Gasteiger partial charge in [0.1, 0.15) is 0 Å². The van der Waals surface area contributed by atoms with Crippen molar-refractivity contribution < 1.29 is 18.0 Å². The van der Waals surface area contributed by atoms with Crippen LogP contribution >= 0.6 is 0 Å². The first-order valence-corrected chi connectivity index (χ1v) is 9.58. The van der Waals surface area contributed by atoms with Gasteiger partial charge in [-0.05, 0) is 53.9 Å². The van der Waals surface area contributed by atoms with Gasteiger partial charge in [-0.2, -0.15) is 18.3 Å². The van der Waals surface area contributed by atoms with Crippen molar-refractivity contribution in [3.63, 3.8) is 0 Å². The summed E-state index contributed by atoms with van der Waals surface area (Å²) in [7, 11) is 1.89. The Balaban J connectivity index is 1.43. The Morgan fingerprint density at radius 3 is 2.57 bits per heavy atom. The predicted octanol–water partition coefficient (Wildman–Crippen LogP) is 4.25. The van der Waals surface area contributed by atoms with Crippen molar-refractivity contribution >= 4 is 11.6 Å². The lowest BCUT2D eigenvalue weighted by Crippen LogP contribution is -2.30. The Morgan fingerprint density at radius 2 is 1.90 bits per heavy atom. The molecule has 156 valence electrons. The second-order valence-electron chi connectivity index (χ2n) is 7.50. The van der Waals surface area contributed by atoms with Crippen LogP contribution in [0.2, 0.25) is 0 Å². The summed E-state index contributed by atoms with van der Waals surface area (Å²) >= 11 is 0. The van der Waals surface area contributed by atoms with Crippen LogP contribution in [0.25, 0.3) is 0 Å². The van der Waals surface area contributed by atoms with E-state index >= 15 is 0 Å². The van der Waals surface area contributed by atoms with Gasteiger partial charge in [-0.15, -0.1) is 0 Å². The molecule has 5 nitrogen and oxygen atoms in total. The Labute approximate surface area is 172 Å². The third kappa shape index (κ3) is 4.54. The highest BCUT2D eigenvalue weighted by Crippen LogP contribution is 2.29. The minimum absolute atomic E-state index is 0.180. The molecule has 0 spiro atoms. The van der Waals surface area contributed by atoms with Crippen LogP contribution in [0, 0.1) is 0 Å². The maximum atomic E-state index is 12.7. The summed E-state index contributed by atoms with van der Waals surface area (Å²) in [6.07, 6.45) is 0.352. The van der Waals surface area contributed by atoms with E-state index < -0.39 is 17.6 Å². The summed E-state index contributed by atoms with van der Waals surface area (Å²) < 4.78 is 39.8. The normalized spacial score (nSPS) is 14.4. The summed E-state index contributed by atoms with van der Waals surface area (Å²) in [5.74, 6) is -0.438. The highest BCUT2D eigenvalue weighted by molar-refractivity contribution is 6.04. The van der Waals surface area contributed by atoms with Gasteiger partial charge in [-0.1, -0.05) is 6.07 Å². The fraction of sp³-hybridized carbons (Fsp3) is 0.273. The fourth-order valence-corrected chi connectivity index (χ4v) is 3.65. The molecule has 0 radical (unpaired) electrons. The van der Waals surface area contributed by atoms with E-state index in [2.05, 4.69) is 15.3 Å². The van der Waals surface area contributed by atoms with Crippen molar-refractivity contribution in [1.29, 1.82) is 0 Å².